The van der Waals surface area contributed by atoms with E-state index in [0.717, 1.165) is 37.0 Å². The summed E-state index contributed by atoms with van der Waals surface area (Å²) in [5.74, 6) is 0.955. The summed E-state index contributed by atoms with van der Waals surface area (Å²) in [6.45, 7) is 12.3. The molecule has 0 aliphatic carbocycles. The second-order valence-corrected chi connectivity index (χ2v) is 12.0. The van der Waals surface area contributed by atoms with Gasteiger partial charge in [0, 0.05) is 42.3 Å². The first-order valence-corrected chi connectivity index (χ1v) is 14.4. The minimum atomic E-state index is -4.25. The largest absolute Gasteiger partial charge is 0.513 e. The molecule has 0 fully saturated rings. The Hall–Kier alpha value is -3.17. The van der Waals surface area contributed by atoms with E-state index in [2.05, 4.69) is 35.1 Å². The molecule has 0 amide bonds. The summed E-state index contributed by atoms with van der Waals surface area (Å²) >= 11 is 0. The average Bonchev–Trinajstić information content (AvgIpc) is 2.80. The Labute approximate surface area is 217 Å². The fourth-order valence-electron chi connectivity index (χ4n) is 5.69. The summed E-state index contributed by atoms with van der Waals surface area (Å²) in [7, 11) is -4.25. The van der Waals surface area contributed by atoms with Crippen LogP contribution < -0.4 is 24.9 Å². The number of aryl methyl sites for hydroxylation is 1. The average molecular weight is 525 g/mol. The molecular weight excluding hydrogens is 490 g/mol. The highest BCUT2D eigenvalue weighted by Gasteiger charge is 2.35. The lowest BCUT2D eigenvalue weighted by molar-refractivity contribution is 0.384. The zero-order valence-corrected chi connectivity index (χ0v) is 22.4. The van der Waals surface area contributed by atoms with Crippen LogP contribution >= 0.6 is 0 Å². The fourth-order valence-corrected chi connectivity index (χ4v) is 6.32. The number of fused-ring (bicyclic) bond motifs is 4. The lowest BCUT2D eigenvalue weighted by Crippen LogP contribution is -2.46. The zero-order valence-electron chi connectivity index (χ0n) is 21.6. The van der Waals surface area contributed by atoms with Crippen LogP contribution in [0.5, 0.6) is 11.5 Å². The van der Waals surface area contributed by atoms with Gasteiger partial charge >= 0.3 is 0 Å². The zero-order chi connectivity index (χ0) is 26.5. The Morgan fingerprint density at radius 2 is 2.03 bits per heavy atom. The molecule has 3 aliphatic rings. The number of allylic oxidation sites excluding steroid dienone is 1. The normalized spacial score (nSPS) is 17.5. The van der Waals surface area contributed by atoms with Crippen molar-refractivity contribution >= 4 is 27.1 Å². The van der Waals surface area contributed by atoms with Crippen molar-refractivity contribution in [2.24, 2.45) is 4.99 Å². The van der Waals surface area contributed by atoms with Crippen LogP contribution in [0.2, 0.25) is 0 Å². The highest BCUT2D eigenvalue weighted by molar-refractivity contribution is 7.86. The molecule has 0 saturated heterocycles. The molecule has 3 aliphatic heterocycles. The molecule has 0 unspecified atom stereocenters. The van der Waals surface area contributed by atoms with Gasteiger partial charge in [0.15, 0.2) is 11.5 Å². The van der Waals surface area contributed by atoms with Crippen molar-refractivity contribution in [2.45, 2.75) is 52.0 Å². The first-order chi connectivity index (χ1) is 17.4. The molecule has 0 bridgehead atoms. The number of aliphatic hydroxyl groups excluding tert-OH is 1. The standard InChI is InChI=1S/C28H33N3O5S/c1-5-30-10-7-9-19-12-22-26(14-24(19)30)36-27-15-25-21(13-23(27)29-22)20(17-37(33,34)35)16-28(3,4)31(25)11-6-8-18(2)32/h12-16H,2,5-11,17H2,1,3-4H3,(H-,32,33,34,35)/p+1. The third-order valence-electron chi connectivity index (χ3n) is 7.34. The summed E-state index contributed by atoms with van der Waals surface area (Å²) < 4.78 is 42.3. The minimum absolute atomic E-state index is 0.131. The van der Waals surface area contributed by atoms with Gasteiger partial charge in [-0.3, -0.25) is 4.55 Å². The van der Waals surface area contributed by atoms with Gasteiger partial charge in [0.1, 0.15) is 29.9 Å². The molecule has 2 aromatic rings. The quantitative estimate of drug-likeness (QED) is 0.276. The molecule has 2 aromatic carbocycles. The number of ether oxygens (including phenoxy) is 1. The van der Waals surface area contributed by atoms with Gasteiger partial charge in [-0.1, -0.05) is 12.7 Å². The van der Waals surface area contributed by atoms with Crippen molar-refractivity contribution in [1.29, 1.82) is 0 Å². The molecule has 9 heteroatoms. The Morgan fingerprint density at radius 3 is 2.73 bits per heavy atom. The monoisotopic (exact) mass is 524 g/mol. The summed E-state index contributed by atoms with van der Waals surface area (Å²) in [6, 6.07) is 7.95. The van der Waals surface area contributed by atoms with Gasteiger partial charge in [-0.05, 0) is 51.3 Å². The molecular formula is C28H34N3O5S+. The summed E-state index contributed by atoms with van der Waals surface area (Å²) in [4.78, 5) is 7.08. The number of nitrogens with zero attached hydrogens (tertiary/aromatic N) is 3. The lowest BCUT2D eigenvalue weighted by Gasteiger charge is -2.44. The van der Waals surface area contributed by atoms with Gasteiger partial charge in [-0.15, -0.1) is 0 Å². The Morgan fingerprint density at radius 1 is 1.24 bits per heavy atom. The number of benzene rings is 2. The van der Waals surface area contributed by atoms with E-state index >= 15 is 0 Å². The number of rotatable bonds is 7. The fraction of sp³-hybridized carbons (Fsp3) is 0.429. The Bertz CT molecular complexity index is 1560. The van der Waals surface area contributed by atoms with Crippen LogP contribution in [-0.2, 0) is 16.5 Å². The Balaban J connectivity index is 1.65. The summed E-state index contributed by atoms with van der Waals surface area (Å²) in [5, 5.41) is 11.5. The first-order valence-electron chi connectivity index (χ1n) is 12.8. The summed E-state index contributed by atoms with van der Waals surface area (Å²) in [6.07, 6.45) is 5.12. The molecule has 0 saturated carbocycles. The molecule has 37 heavy (non-hydrogen) atoms. The highest BCUT2D eigenvalue weighted by Crippen LogP contribution is 2.46. The van der Waals surface area contributed by atoms with E-state index < -0.39 is 21.4 Å². The molecule has 0 aromatic heterocycles. The first kappa shape index (κ1) is 25.5. The van der Waals surface area contributed by atoms with Crippen LogP contribution in [0.25, 0.3) is 5.57 Å². The maximum absolute atomic E-state index is 11.9. The third-order valence-corrected chi connectivity index (χ3v) is 8.02. The van der Waals surface area contributed by atoms with E-state index in [4.69, 9.17) is 9.73 Å². The molecule has 0 spiro atoms. The molecule has 0 atom stereocenters. The molecule has 0 radical (unpaired) electrons. The van der Waals surface area contributed by atoms with Crippen molar-refractivity contribution in [3.8, 4) is 11.5 Å². The van der Waals surface area contributed by atoms with Gasteiger partial charge in [-0.25, -0.2) is 9.57 Å². The van der Waals surface area contributed by atoms with Crippen molar-refractivity contribution in [3.63, 3.8) is 0 Å². The number of hydrogen-bond acceptors (Lipinski definition) is 6. The van der Waals surface area contributed by atoms with Gasteiger partial charge in [-0.2, -0.15) is 8.42 Å². The Kier molecular flexibility index (Phi) is 6.40. The van der Waals surface area contributed by atoms with E-state index in [-0.39, 0.29) is 5.76 Å². The maximum Gasteiger partial charge on any atom is 0.269 e. The molecule has 5 rings (SSSR count). The van der Waals surface area contributed by atoms with E-state index in [1.807, 2.05) is 32.1 Å². The van der Waals surface area contributed by atoms with Crippen molar-refractivity contribution in [2.75, 3.05) is 30.3 Å². The number of aliphatic hydroxyl groups is 1. The van der Waals surface area contributed by atoms with Crippen molar-refractivity contribution < 1.29 is 22.8 Å². The van der Waals surface area contributed by atoms with E-state index in [0.29, 0.717) is 47.7 Å². The number of anilines is 1. The molecule has 3 heterocycles. The number of hydrogen-bond donors (Lipinski definition) is 2. The van der Waals surface area contributed by atoms with Gasteiger partial charge in [0.05, 0.1) is 17.4 Å². The van der Waals surface area contributed by atoms with Crippen LogP contribution in [0.1, 0.15) is 51.2 Å². The lowest BCUT2D eigenvalue weighted by atomic mass is 9.88. The predicted molar refractivity (Wildman–Crippen MR) is 145 cm³/mol. The minimum Gasteiger partial charge on any atom is -0.513 e. The molecule has 196 valence electrons. The van der Waals surface area contributed by atoms with Crippen LogP contribution in [0, 0.1) is 0 Å². The smallest absolute Gasteiger partial charge is 0.269 e. The van der Waals surface area contributed by atoms with Crippen LogP contribution in [0.3, 0.4) is 0 Å². The second kappa shape index (κ2) is 9.29. The van der Waals surface area contributed by atoms with Crippen LogP contribution in [0.15, 0.2) is 47.7 Å². The highest BCUT2D eigenvalue weighted by atomic mass is 32.2. The predicted octanol–water partition coefficient (Wildman–Crippen LogP) is 3.92. The molecule has 8 nitrogen and oxygen atoms in total. The van der Waals surface area contributed by atoms with Crippen molar-refractivity contribution in [3.05, 3.63) is 64.5 Å². The van der Waals surface area contributed by atoms with E-state index in [9.17, 15) is 18.1 Å². The summed E-state index contributed by atoms with van der Waals surface area (Å²) in [5.41, 5.74) is 3.37. The topological polar surface area (TPSA) is 102 Å². The second-order valence-electron chi connectivity index (χ2n) is 10.6. The maximum atomic E-state index is 11.9. The van der Waals surface area contributed by atoms with Gasteiger partial charge in [0.25, 0.3) is 10.1 Å². The van der Waals surface area contributed by atoms with Crippen LogP contribution in [-0.4, -0.2) is 49.0 Å². The van der Waals surface area contributed by atoms with Crippen LogP contribution in [0.4, 0.5) is 11.4 Å². The molecule has 2 N–H and O–H groups in total. The SMILES string of the molecule is C=C(O)CCCN1c2cc3c(cc2C(CS(=O)(=O)O)=CC1(C)C)N=c1cc2c(cc1O3)=[N+](CC)CCC2. The van der Waals surface area contributed by atoms with Gasteiger partial charge < -0.3 is 14.7 Å². The van der Waals surface area contributed by atoms with E-state index in [1.165, 1.54) is 10.9 Å². The van der Waals surface area contributed by atoms with Crippen molar-refractivity contribution in [1.82, 2.24) is 4.58 Å². The van der Waals surface area contributed by atoms with E-state index in [1.54, 1.807) is 0 Å². The van der Waals surface area contributed by atoms with Gasteiger partial charge in [0.2, 0.25) is 5.36 Å². The third kappa shape index (κ3) is 5.02.